The normalized spacial score (nSPS) is 12.4. The lowest BCUT2D eigenvalue weighted by Gasteiger charge is -2.12. The van der Waals surface area contributed by atoms with Gasteiger partial charge in [-0.05, 0) is 20.8 Å². The van der Waals surface area contributed by atoms with Crippen molar-refractivity contribution >= 4 is 5.91 Å². The maximum absolute atomic E-state index is 11.4. The summed E-state index contributed by atoms with van der Waals surface area (Å²) in [6.45, 7) is 7.72. The number of likely N-dealkylation sites (N-methyl/N-ethyl adjacent to an activating group) is 1. The predicted molar refractivity (Wildman–Crippen MR) is 60.7 cm³/mol. The highest BCUT2D eigenvalue weighted by molar-refractivity contribution is 5.81. The molecule has 1 amide bonds. The van der Waals surface area contributed by atoms with E-state index in [4.69, 9.17) is 0 Å². The van der Waals surface area contributed by atoms with Crippen LogP contribution in [-0.4, -0.2) is 33.3 Å². The summed E-state index contributed by atoms with van der Waals surface area (Å²) in [5, 5.41) is 9.93. The summed E-state index contributed by atoms with van der Waals surface area (Å²) in [7, 11) is 0. The van der Waals surface area contributed by atoms with E-state index in [0.717, 1.165) is 12.4 Å². The van der Waals surface area contributed by atoms with Crippen LogP contribution in [0.2, 0.25) is 0 Å². The van der Waals surface area contributed by atoms with E-state index in [9.17, 15) is 4.79 Å². The summed E-state index contributed by atoms with van der Waals surface area (Å²) in [6.07, 6.45) is 1.53. The molecule has 0 aliphatic heterocycles. The lowest BCUT2D eigenvalue weighted by Crippen LogP contribution is -2.42. The van der Waals surface area contributed by atoms with Gasteiger partial charge in [0.2, 0.25) is 5.91 Å². The summed E-state index contributed by atoms with van der Waals surface area (Å²) in [5.41, 5.74) is 0. The number of carbonyl (C=O) groups is 1. The number of amides is 1. The first-order chi connectivity index (χ1) is 7.69. The van der Waals surface area contributed by atoms with Crippen molar-refractivity contribution in [3.05, 3.63) is 12.2 Å². The summed E-state index contributed by atoms with van der Waals surface area (Å²) >= 11 is 0. The van der Waals surface area contributed by atoms with Crippen LogP contribution in [0.25, 0.3) is 0 Å². The molecule has 0 aliphatic carbocycles. The van der Waals surface area contributed by atoms with Gasteiger partial charge in [0.25, 0.3) is 0 Å². The molecule has 6 heteroatoms. The van der Waals surface area contributed by atoms with Gasteiger partial charge in [0.05, 0.1) is 12.6 Å². The number of carbonyl (C=O) groups excluding carboxylic acids is 1. The molecule has 0 radical (unpaired) electrons. The standard InChI is InChI=1S/C10H19N5O/c1-4-11-10(16)8(3)12-6-9-13-7-14-15(9)5-2/h7-8,12H,4-6H2,1-3H3,(H,11,16). The largest absolute Gasteiger partial charge is 0.355 e. The molecule has 1 aromatic heterocycles. The maximum Gasteiger partial charge on any atom is 0.236 e. The molecule has 1 unspecified atom stereocenters. The van der Waals surface area contributed by atoms with Crippen molar-refractivity contribution in [2.45, 2.75) is 39.9 Å². The highest BCUT2D eigenvalue weighted by atomic mass is 16.2. The lowest BCUT2D eigenvalue weighted by atomic mass is 10.3. The minimum Gasteiger partial charge on any atom is -0.355 e. The van der Waals surface area contributed by atoms with Gasteiger partial charge in [-0.2, -0.15) is 5.10 Å². The molecule has 0 spiro atoms. The Morgan fingerprint density at radius 3 is 2.94 bits per heavy atom. The van der Waals surface area contributed by atoms with Crippen LogP contribution in [-0.2, 0) is 17.9 Å². The molecule has 2 N–H and O–H groups in total. The van der Waals surface area contributed by atoms with E-state index in [1.54, 1.807) is 4.68 Å². The van der Waals surface area contributed by atoms with Gasteiger partial charge >= 0.3 is 0 Å². The van der Waals surface area contributed by atoms with E-state index in [-0.39, 0.29) is 11.9 Å². The van der Waals surface area contributed by atoms with E-state index in [2.05, 4.69) is 20.7 Å². The Bertz CT molecular complexity index is 336. The minimum atomic E-state index is -0.220. The Morgan fingerprint density at radius 2 is 2.31 bits per heavy atom. The maximum atomic E-state index is 11.4. The fourth-order valence-electron chi connectivity index (χ4n) is 1.35. The number of hydrogen-bond donors (Lipinski definition) is 2. The van der Waals surface area contributed by atoms with Gasteiger partial charge < -0.3 is 5.32 Å². The second-order valence-electron chi connectivity index (χ2n) is 3.49. The lowest BCUT2D eigenvalue weighted by molar-refractivity contribution is -0.122. The monoisotopic (exact) mass is 225 g/mol. The summed E-state index contributed by atoms with van der Waals surface area (Å²) in [5.74, 6) is 0.851. The molecule has 0 bridgehead atoms. The van der Waals surface area contributed by atoms with Crippen LogP contribution < -0.4 is 10.6 Å². The van der Waals surface area contributed by atoms with Crippen LogP contribution >= 0.6 is 0 Å². The number of nitrogens with one attached hydrogen (secondary N) is 2. The number of aromatic nitrogens is 3. The van der Waals surface area contributed by atoms with Crippen molar-refractivity contribution in [3.8, 4) is 0 Å². The summed E-state index contributed by atoms with van der Waals surface area (Å²) in [4.78, 5) is 15.6. The van der Waals surface area contributed by atoms with Crippen LogP contribution in [0.1, 0.15) is 26.6 Å². The summed E-state index contributed by atoms with van der Waals surface area (Å²) < 4.78 is 1.80. The zero-order valence-corrected chi connectivity index (χ0v) is 10.0. The molecule has 0 saturated heterocycles. The molecule has 1 heterocycles. The van der Waals surface area contributed by atoms with Crippen LogP contribution in [0.4, 0.5) is 0 Å². The van der Waals surface area contributed by atoms with Crippen LogP contribution in [0.5, 0.6) is 0 Å². The number of hydrogen-bond acceptors (Lipinski definition) is 4. The number of aryl methyl sites for hydroxylation is 1. The highest BCUT2D eigenvalue weighted by Gasteiger charge is 2.12. The van der Waals surface area contributed by atoms with Crippen molar-refractivity contribution in [2.24, 2.45) is 0 Å². The fourth-order valence-corrected chi connectivity index (χ4v) is 1.35. The molecule has 16 heavy (non-hydrogen) atoms. The van der Waals surface area contributed by atoms with E-state index in [1.165, 1.54) is 6.33 Å². The average molecular weight is 225 g/mol. The Labute approximate surface area is 95.4 Å². The van der Waals surface area contributed by atoms with E-state index in [1.807, 2.05) is 20.8 Å². The molecule has 0 saturated carbocycles. The van der Waals surface area contributed by atoms with Crippen molar-refractivity contribution in [3.63, 3.8) is 0 Å². The first kappa shape index (κ1) is 12.6. The molecule has 0 aromatic carbocycles. The number of nitrogens with zero attached hydrogens (tertiary/aromatic N) is 3. The molecule has 0 aliphatic rings. The Hall–Kier alpha value is -1.43. The second kappa shape index (κ2) is 6.22. The van der Waals surface area contributed by atoms with Gasteiger partial charge in [-0.15, -0.1) is 0 Å². The molecule has 0 fully saturated rings. The predicted octanol–water partition coefficient (Wildman–Crippen LogP) is -0.0878. The Kier molecular flexibility index (Phi) is 4.91. The quantitative estimate of drug-likeness (QED) is 0.710. The first-order valence-corrected chi connectivity index (χ1v) is 5.56. The fraction of sp³-hybridized carbons (Fsp3) is 0.700. The average Bonchev–Trinajstić information content (AvgIpc) is 2.73. The zero-order chi connectivity index (χ0) is 12.0. The zero-order valence-electron chi connectivity index (χ0n) is 10.0. The van der Waals surface area contributed by atoms with Crippen LogP contribution in [0, 0.1) is 0 Å². The third-order valence-corrected chi connectivity index (χ3v) is 2.31. The molecule has 90 valence electrons. The van der Waals surface area contributed by atoms with E-state index in [0.29, 0.717) is 13.1 Å². The van der Waals surface area contributed by atoms with Gasteiger partial charge in [0.15, 0.2) is 0 Å². The second-order valence-corrected chi connectivity index (χ2v) is 3.49. The van der Waals surface area contributed by atoms with Crippen LogP contribution in [0.3, 0.4) is 0 Å². The van der Waals surface area contributed by atoms with Crippen LogP contribution in [0.15, 0.2) is 6.33 Å². The SMILES string of the molecule is CCNC(=O)C(C)NCc1ncnn1CC. The highest BCUT2D eigenvalue weighted by Crippen LogP contribution is 1.94. The molecule has 1 atom stereocenters. The van der Waals surface area contributed by atoms with Gasteiger partial charge in [0.1, 0.15) is 12.2 Å². The van der Waals surface area contributed by atoms with Crippen molar-refractivity contribution < 1.29 is 4.79 Å². The van der Waals surface area contributed by atoms with E-state index < -0.39 is 0 Å². The Morgan fingerprint density at radius 1 is 1.56 bits per heavy atom. The molecular formula is C10H19N5O. The van der Waals surface area contributed by atoms with Crippen molar-refractivity contribution in [2.75, 3.05) is 6.54 Å². The first-order valence-electron chi connectivity index (χ1n) is 5.56. The Balaban J connectivity index is 2.42. The van der Waals surface area contributed by atoms with Crippen molar-refractivity contribution in [1.82, 2.24) is 25.4 Å². The minimum absolute atomic E-state index is 0.00469. The molecule has 6 nitrogen and oxygen atoms in total. The molecular weight excluding hydrogens is 206 g/mol. The number of rotatable bonds is 6. The summed E-state index contributed by atoms with van der Waals surface area (Å²) in [6, 6.07) is -0.220. The molecule has 1 rings (SSSR count). The van der Waals surface area contributed by atoms with Gasteiger partial charge in [0, 0.05) is 13.1 Å². The smallest absolute Gasteiger partial charge is 0.236 e. The topological polar surface area (TPSA) is 71.8 Å². The van der Waals surface area contributed by atoms with Gasteiger partial charge in [-0.3, -0.25) is 10.1 Å². The molecule has 1 aromatic rings. The van der Waals surface area contributed by atoms with Gasteiger partial charge in [-0.1, -0.05) is 0 Å². The van der Waals surface area contributed by atoms with E-state index >= 15 is 0 Å². The third kappa shape index (κ3) is 3.30. The van der Waals surface area contributed by atoms with Gasteiger partial charge in [-0.25, -0.2) is 9.67 Å². The third-order valence-electron chi connectivity index (χ3n) is 2.31. The van der Waals surface area contributed by atoms with Crippen molar-refractivity contribution in [1.29, 1.82) is 0 Å².